The van der Waals surface area contributed by atoms with E-state index in [2.05, 4.69) is 5.32 Å². The highest BCUT2D eigenvalue weighted by atomic mass is 32.2. The van der Waals surface area contributed by atoms with E-state index in [9.17, 15) is 8.42 Å². The summed E-state index contributed by atoms with van der Waals surface area (Å²) < 4.78 is 31.3. The Balaban J connectivity index is 2.31. The number of nitrogens with one attached hydrogen (secondary N) is 1. The molecule has 0 saturated carbocycles. The number of nitrogens with zero attached hydrogens (tertiary/aromatic N) is 1. The number of hydrogen-bond acceptors (Lipinski definition) is 4. The molecule has 0 spiro atoms. The quantitative estimate of drug-likeness (QED) is 0.668. The van der Waals surface area contributed by atoms with Crippen LogP contribution >= 0.6 is 0 Å². The van der Waals surface area contributed by atoms with Gasteiger partial charge in [-0.05, 0) is 39.3 Å². The third-order valence-electron chi connectivity index (χ3n) is 3.20. The molecular weight excluding hydrogens is 252 g/mol. The number of piperidine rings is 1. The van der Waals surface area contributed by atoms with Gasteiger partial charge in [0.2, 0.25) is 10.0 Å². The van der Waals surface area contributed by atoms with E-state index in [1.54, 1.807) is 4.31 Å². The van der Waals surface area contributed by atoms with Gasteiger partial charge in [-0.3, -0.25) is 0 Å². The summed E-state index contributed by atoms with van der Waals surface area (Å²) in [4.78, 5) is 0. The number of hydrogen-bond donors (Lipinski definition) is 1. The first-order chi connectivity index (χ1) is 8.60. The third-order valence-corrected chi connectivity index (χ3v) is 5.16. The molecule has 1 rings (SSSR count). The van der Waals surface area contributed by atoms with Crippen molar-refractivity contribution in [2.75, 3.05) is 38.5 Å². The van der Waals surface area contributed by atoms with E-state index in [0.29, 0.717) is 26.1 Å². The van der Waals surface area contributed by atoms with Crippen LogP contribution in [-0.4, -0.2) is 57.4 Å². The molecule has 0 aromatic carbocycles. The maximum absolute atomic E-state index is 12.1. The lowest BCUT2D eigenvalue weighted by Gasteiger charge is -2.31. The van der Waals surface area contributed by atoms with E-state index in [1.807, 2.05) is 13.8 Å². The summed E-state index contributed by atoms with van der Waals surface area (Å²) in [5.74, 6) is 0.249. The zero-order valence-corrected chi connectivity index (χ0v) is 12.3. The molecule has 1 saturated heterocycles. The zero-order chi connectivity index (χ0) is 13.4. The summed E-state index contributed by atoms with van der Waals surface area (Å²) in [5.41, 5.74) is 0. The second-order valence-electron chi connectivity index (χ2n) is 4.58. The van der Waals surface area contributed by atoms with Crippen molar-refractivity contribution in [2.45, 2.75) is 39.2 Å². The molecule has 0 bridgehead atoms. The average molecular weight is 278 g/mol. The molecule has 0 aromatic heterocycles. The SMILES string of the molecule is CCNCCCS(=O)(=O)N1CCC(OCC)CC1. The van der Waals surface area contributed by atoms with Gasteiger partial charge >= 0.3 is 0 Å². The molecule has 1 fully saturated rings. The first kappa shape index (κ1) is 15.9. The Kier molecular flexibility index (Phi) is 7.14. The second kappa shape index (κ2) is 8.09. The Morgan fingerprint density at radius 1 is 1.28 bits per heavy atom. The molecule has 1 N–H and O–H groups in total. The van der Waals surface area contributed by atoms with Gasteiger partial charge < -0.3 is 10.1 Å². The maximum Gasteiger partial charge on any atom is 0.214 e. The normalized spacial score (nSPS) is 19.2. The predicted molar refractivity (Wildman–Crippen MR) is 73.2 cm³/mol. The first-order valence-corrected chi connectivity index (χ1v) is 8.51. The lowest BCUT2D eigenvalue weighted by molar-refractivity contribution is 0.0290. The number of ether oxygens (including phenoxy) is 1. The molecule has 0 aromatic rings. The number of rotatable bonds is 8. The highest BCUT2D eigenvalue weighted by Crippen LogP contribution is 2.17. The third kappa shape index (κ3) is 5.22. The zero-order valence-electron chi connectivity index (χ0n) is 11.5. The van der Waals surface area contributed by atoms with E-state index in [1.165, 1.54) is 0 Å². The summed E-state index contributed by atoms with van der Waals surface area (Å²) >= 11 is 0. The van der Waals surface area contributed by atoms with Crippen molar-refractivity contribution in [1.29, 1.82) is 0 Å². The molecule has 18 heavy (non-hydrogen) atoms. The van der Waals surface area contributed by atoms with Gasteiger partial charge in [-0.15, -0.1) is 0 Å². The lowest BCUT2D eigenvalue weighted by atomic mass is 10.1. The van der Waals surface area contributed by atoms with Crippen LogP contribution in [0.25, 0.3) is 0 Å². The van der Waals surface area contributed by atoms with Crippen molar-refractivity contribution < 1.29 is 13.2 Å². The molecule has 1 heterocycles. The first-order valence-electron chi connectivity index (χ1n) is 6.90. The Morgan fingerprint density at radius 3 is 2.50 bits per heavy atom. The van der Waals surface area contributed by atoms with Crippen molar-refractivity contribution in [2.24, 2.45) is 0 Å². The van der Waals surface area contributed by atoms with Crippen LogP contribution in [0.15, 0.2) is 0 Å². The van der Waals surface area contributed by atoms with Crippen LogP contribution in [0.5, 0.6) is 0 Å². The van der Waals surface area contributed by atoms with Gasteiger partial charge in [0, 0.05) is 19.7 Å². The molecule has 1 aliphatic heterocycles. The summed E-state index contributed by atoms with van der Waals surface area (Å²) in [5, 5.41) is 3.14. The van der Waals surface area contributed by atoms with Gasteiger partial charge in [0.1, 0.15) is 0 Å². The van der Waals surface area contributed by atoms with Crippen LogP contribution in [0.3, 0.4) is 0 Å². The van der Waals surface area contributed by atoms with Crippen LogP contribution in [0.4, 0.5) is 0 Å². The smallest absolute Gasteiger partial charge is 0.214 e. The Bertz CT molecular complexity index is 311. The number of sulfonamides is 1. The largest absolute Gasteiger partial charge is 0.378 e. The van der Waals surface area contributed by atoms with Crippen LogP contribution < -0.4 is 5.32 Å². The highest BCUT2D eigenvalue weighted by Gasteiger charge is 2.27. The predicted octanol–water partition coefficient (Wildman–Crippen LogP) is 0.817. The van der Waals surface area contributed by atoms with E-state index >= 15 is 0 Å². The van der Waals surface area contributed by atoms with Crippen molar-refractivity contribution in [3.63, 3.8) is 0 Å². The fourth-order valence-electron chi connectivity index (χ4n) is 2.20. The van der Waals surface area contributed by atoms with Crippen LogP contribution in [0, 0.1) is 0 Å². The molecule has 6 heteroatoms. The van der Waals surface area contributed by atoms with Gasteiger partial charge in [-0.25, -0.2) is 12.7 Å². The summed E-state index contributed by atoms with van der Waals surface area (Å²) in [6.07, 6.45) is 2.56. The minimum atomic E-state index is -3.06. The fraction of sp³-hybridized carbons (Fsp3) is 1.00. The molecule has 0 aliphatic carbocycles. The maximum atomic E-state index is 12.1. The van der Waals surface area contributed by atoms with Crippen molar-refractivity contribution in [1.82, 2.24) is 9.62 Å². The molecule has 0 unspecified atom stereocenters. The lowest BCUT2D eigenvalue weighted by Crippen LogP contribution is -2.42. The van der Waals surface area contributed by atoms with Crippen LogP contribution in [0.1, 0.15) is 33.1 Å². The second-order valence-corrected chi connectivity index (χ2v) is 6.67. The van der Waals surface area contributed by atoms with Gasteiger partial charge in [0.05, 0.1) is 11.9 Å². The minimum absolute atomic E-state index is 0.239. The van der Waals surface area contributed by atoms with Gasteiger partial charge in [-0.1, -0.05) is 6.92 Å². The monoisotopic (exact) mass is 278 g/mol. The Hall–Kier alpha value is -0.170. The molecule has 0 amide bonds. The van der Waals surface area contributed by atoms with Gasteiger partial charge in [-0.2, -0.15) is 0 Å². The Labute approximate surface area is 111 Å². The van der Waals surface area contributed by atoms with Crippen molar-refractivity contribution in [3.05, 3.63) is 0 Å². The summed E-state index contributed by atoms with van der Waals surface area (Å²) in [6, 6.07) is 0. The molecule has 108 valence electrons. The fourth-order valence-corrected chi connectivity index (χ4v) is 3.73. The van der Waals surface area contributed by atoms with Gasteiger partial charge in [0.15, 0.2) is 0 Å². The van der Waals surface area contributed by atoms with Crippen molar-refractivity contribution >= 4 is 10.0 Å². The van der Waals surface area contributed by atoms with E-state index in [-0.39, 0.29) is 11.9 Å². The van der Waals surface area contributed by atoms with Crippen molar-refractivity contribution in [3.8, 4) is 0 Å². The highest BCUT2D eigenvalue weighted by molar-refractivity contribution is 7.89. The standard InChI is InChI=1S/C12H26N2O3S/c1-3-13-8-5-11-18(15,16)14-9-6-12(7-10-14)17-4-2/h12-13H,3-11H2,1-2H3. The van der Waals surface area contributed by atoms with E-state index in [0.717, 1.165) is 25.9 Å². The topological polar surface area (TPSA) is 58.6 Å². The van der Waals surface area contributed by atoms with Crippen LogP contribution in [0.2, 0.25) is 0 Å². The minimum Gasteiger partial charge on any atom is -0.378 e. The Morgan fingerprint density at radius 2 is 1.94 bits per heavy atom. The van der Waals surface area contributed by atoms with Gasteiger partial charge in [0.25, 0.3) is 0 Å². The molecule has 1 aliphatic rings. The van der Waals surface area contributed by atoms with Crippen LogP contribution in [-0.2, 0) is 14.8 Å². The van der Waals surface area contributed by atoms with E-state index < -0.39 is 10.0 Å². The molecule has 0 atom stereocenters. The molecular formula is C12H26N2O3S. The summed E-state index contributed by atoms with van der Waals surface area (Å²) in [6.45, 7) is 7.57. The average Bonchev–Trinajstić information content (AvgIpc) is 2.36. The molecule has 0 radical (unpaired) electrons. The van der Waals surface area contributed by atoms with E-state index in [4.69, 9.17) is 4.74 Å². The summed E-state index contributed by atoms with van der Waals surface area (Å²) in [7, 11) is -3.06. The molecule has 5 nitrogen and oxygen atoms in total.